The van der Waals surface area contributed by atoms with Crippen LogP contribution in [0.1, 0.15) is 12.8 Å². The van der Waals surface area contributed by atoms with E-state index < -0.39 is 5.97 Å². The Morgan fingerprint density at radius 1 is 1.32 bits per heavy atom. The molecule has 0 fully saturated rings. The maximum atomic E-state index is 9.00. The van der Waals surface area contributed by atoms with Crippen LogP contribution in [0.5, 0.6) is 5.75 Å². The second-order valence-corrected chi connectivity index (χ2v) is 5.24. The molecule has 1 aromatic carbocycles. The van der Waals surface area contributed by atoms with E-state index in [0.29, 0.717) is 15.8 Å². The topological polar surface area (TPSA) is 150 Å². The van der Waals surface area contributed by atoms with E-state index in [4.69, 9.17) is 48.1 Å². The molecule has 3 rings (SSSR count). The molecule has 0 spiro atoms. The molecule has 3 aromatic rings. The zero-order valence-corrected chi connectivity index (χ0v) is 14.2. The van der Waals surface area contributed by atoms with Crippen LogP contribution in [0.4, 0.5) is 5.82 Å². The lowest BCUT2D eigenvalue weighted by Gasteiger charge is -2.05. The summed E-state index contributed by atoms with van der Waals surface area (Å²) in [7, 11) is 0. The lowest BCUT2D eigenvalue weighted by molar-refractivity contribution is -0.134. The van der Waals surface area contributed by atoms with Gasteiger partial charge in [-0.1, -0.05) is 28.4 Å². The first-order chi connectivity index (χ1) is 11.9. The van der Waals surface area contributed by atoms with Crippen LogP contribution in [0, 0.1) is 0 Å². The molecule has 132 valence electrons. The predicted molar refractivity (Wildman–Crippen MR) is 86.1 cm³/mol. The van der Waals surface area contributed by atoms with Gasteiger partial charge in [0, 0.05) is 11.9 Å². The molecule has 0 aliphatic carbocycles. The van der Waals surface area contributed by atoms with Crippen molar-refractivity contribution in [3.63, 3.8) is 0 Å². The van der Waals surface area contributed by atoms with Crippen molar-refractivity contribution >= 4 is 35.0 Å². The van der Waals surface area contributed by atoms with E-state index in [9.17, 15) is 0 Å². The summed E-state index contributed by atoms with van der Waals surface area (Å²) in [5, 5.41) is 19.0. The second kappa shape index (κ2) is 8.31. The fourth-order valence-electron chi connectivity index (χ4n) is 1.49. The summed E-state index contributed by atoms with van der Waals surface area (Å²) in [6.07, 6.45) is 0. The number of carbonyl (C=O) groups is 1. The average Bonchev–Trinajstić information content (AvgIpc) is 3.14. The Labute approximate surface area is 150 Å². The lowest BCUT2D eigenvalue weighted by atomic mass is 10.3. The number of carboxylic acids is 1. The second-order valence-electron chi connectivity index (χ2n) is 4.39. The minimum atomic E-state index is -0.833. The van der Waals surface area contributed by atoms with Gasteiger partial charge in [0.25, 0.3) is 11.9 Å². The van der Waals surface area contributed by atoms with E-state index in [1.54, 1.807) is 18.2 Å². The van der Waals surface area contributed by atoms with Gasteiger partial charge in [0.1, 0.15) is 5.75 Å². The van der Waals surface area contributed by atoms with E-state index in [0.717, 1.165) is 6.92 Å². The van der Waals surface area contributed by atoms with Gasteiger partial charge in [-0.15, -0.1) is 0 Å². The molecule has 2 aromatic heterocycles. The van der Waals surface area contributed by atoms with E-state index in [2.05, 4.69) is 25.1 Å². The van der Waals surface area contributed by atoms with E-state index >= 15 is 0 Å². The average molecular weight is 388 g/mol. The number of nitrogens with zero attached hydrogens (tertiary/aromatic N) is 4. The summed E-state index contributed by atoms with van der Waals surface area (Å²) in [5.41, 5.74) is 5.73. The highest BCUT2D eigenvalue weighted by Gasteiger charge is 2.17. The Hall–Kier alpha value is -2.85. The number of halogens is 2. The maximum absolute atomic E-state index is 9.00. The van der Waals surface area contributed by atoms with Crippen LogP contribution in [-0.2, 0) is 11.4 Å². The summed E-state index contributed by atoms with van der Waals surface area (Å²) in [5.74, 6) is 0.0698. The number of benzene rings is 1. The third kappa shape index (κ3) is 5.33. The molecule has 0 aliphatic rings. The van der Waals surface area contributed by atoms with Crippen LogP contribution in [0.15, 0.2) is 27.4 Å². The SMILES string of the molecule is CC(=O)O.Nc1nonc1-c1noc(COc2ccc(Cl)cc2Cl)n1. The Kier molecular flexibility index (Phi) is 6.14. The van der Waals surface area contributed by atoms with Gasteiger partial charge in [-0.3, -0.25) is 4.79 Å². The van der Waals surface area contributed by atoms with E-state index in [1.165, 1.54) is 0 Å². The van der Waals surface area contributed by atoms with Crippen LogP contribution < -0.4 is 10.5 Å². The number of rotatable bonds is 4. The standard InChI is InChI=1S/C11H7Cl2N5O3.C2H4O2/c12-5-1-2-7(6(13)3-5)19-4-8-15-11(18-20-8)9-10(14)17-21-16-9;1-2(3)4/h1-3H,4H2,(H2,14,17);1H3,(H,3,4). The van der Waals surface area contributed by atoms with Crippen LogP contribution in [-0.4, -0.2) is 31.5 Å². The first-order valence-corrected chi connectivity index (χ1v) is 7.30. The Balaban J connectivity index is 0.000000511. The smallest absolute Gasteiger partial charge is 0.300 e. The first kappa shape index (κ1) is 18.5. The van der Waals surface area contributed by atoms with E-state index in [1.807, 2.05) is 0 Å². The maximum Gasteiger partial charge on any atom is 0.300 e. The van der Waals surface area contributed by atoms with Crippen molar-refractivity contribution in [1.82, 2.24) is 20.5 Å². The molecule has 0 bridgehead atoms. The molecule has 0 saturated carbocycles. The summed E-state index contributed by atoms with van der Waals surface area (Å²) in [4.78, 5) is 13.1. The number of nitrogen functional groups attached to an aromatic ring is 1. The van der Waals surface area contributed by atoms with Gasteiger partial charge in [-0.2, -0.15) is 4.98 Å². The molecular formula is C13H11Cl2N5O5. The Morgan fingerprint density at radius 3 is 2.64 bits per heavy atom. The van der Waals surface area contributed by atoms with E-state index in [-0.39, 0.29) is 29.8 Å². The lowest BCUT2D eigenvalue weighted by Crippen LogP contribution is -1.96. The summed E-state index contributed by atoms with van der Waals surface area (Å²) < 4.78 is 14.9. The number of hydrogen-bond donors (Lipinski definition) is 2. The zero-order valence-electron chi connectivity index (χ0n) is 12.6. The third-order valence-corrected chi connectivity index (χ3v) is 2.97. The highest BCUT2D eigenvalue weighted by molar-refractivity contribution is 6.35. The van der Waals surface area contributed by atoms with Crippen molar-refractivity contribution in [2.75, 3.05) is 5.73 Å². The molecule has 25 heavy (non-hydrogen) atoms. The van der Waals surface area contributed by atoms with Gasteiger partial charge in [0.05, 0.1) is 5.02 Å². The fourth-order valence-corrected chi connectivity index (χ4v) is 1.96. The number of aliphatic carboxylic acids is 1. The van der Waals surface area contributed by atoms with Crippen LogP contribution in [0.2, 0.25) is 10.0 Å². The van der Waals surface area contributed by atoms with Gasteiger partial charge < -0.3 is 20.1 Å². The number of aromatic nitrogens is 4. The number of nitrogens with two attached hydrogens (primary N) is 1. The molecule has 0 radical (unpaired) electrons. The van der Waals surface area contributed by atoms with Crippen molar-refractivity contribution in [2.24, 2.45) is 0 Å². The minimum absolute atomic E-state index is 0.0273. The molecule has 0 aliphatic heterocycles. The predicted octanol–water partition coefficient (Wildman–Crippen LogP) is 2.68. The normalized spacial score (nSPS) is 10.0. The zero-order chi connectivity index (χ0) is 18.4. The number of carboxylic acid groups (broad SMARTS) is 1. The van der Waals surface area contributed by atoms with Gasteiger partial charge in [-0.05, 0) is 28.5 Å². The van der Waals surface area contributed by atoms with Crippen molar-refractivity contribution in [3.05, 3.63) is 34.1 Å². The quantitative estimate of drug-likeness (QED) is 0.682. The molecule has 0 unspecified atom stereocenters. The number of anilines is 1. The molecular weight excluding hydrogens is 377 g/mol. The molecule has 2 heterocycles. The van der Waals surface area contributed by atoms with Crippen molar-refractivity contribution in [2.45, 2.75) is 13.5 Å². The summed E-state index contributed by atoms with van der Waals surface area (Å²) >= 11 is 11.8. The fraction of sp³-hybridized carbons (Fsp3) is 0.154. The van der Waals surface area contributed by atoms with Gasteiger partial charge >= 0.3 is 0 Å². The van der Waals surface area contributed by atoms with Crippen molar-refractivity contribution in [1.29, 1.82) is 0 Å². The Morgan fingerprint density at radius 2 is 2.04 bits per heavy atom. The molecule has 0 atom stereocenters. The molecule has 10 nitrogen and oxygen atoms in total. The highest BCUT2D eigenvalue weighted by Crippen LogP contribution is 2.28. The van der Waals surface area contributed by atoms with Crippen LogP contribution in [0.25, 0.3) is 11.5 Å². The monoisotopic (exact) mass is 387 g/mol. The van der Waals surface area contributed by atoms with Crippen LogP contribution in [0.3, 0.4) is 0 Å². The first-order valence-electron chi connectivity index (χ1n) is 6.55. The minimum Gasteiger partial charge on any atom is -0.482 e. The van der Waals surface area contributed by atoms with Crippen LogP contribution >= 0.6 is 23.2 Å². The number of ether oxygens (including phenoxy) is 1. The number of hydrogen-bond acceptors (Lipinski definition) is 9. The summed E-state index contributed by atoms with van der Waals surface area (Å²) in [6.45, 7) is 1.11. The third-order valence-electron chi connectivity index (χ3n) is 2.44. The van der Waals surface area contributed by atoms with Gasteiger partial charge in [0.15, 0.2) is 18.1 Å². The largest absolute Gasteiger partial charge is 0.482 e. The molecule has 0 amide bonds. The molecule has 0 saturated heterocycles. The van der Waals surface area contributed by atoms with Gasteiger partial charge in [0.2, 0.25) is 5.82 Å². The van der Waals surface area contributed by atoms with Gasteiger partial charge in [-0.25, -0.2) is 4.63 Å². The Bertz CT molecular complexity index is 862. The summed E-state index contributed by atoms with van der Waals surface area (Å²) in [6, 6.07) is 4.87. The highest BCUT2D eigenvalue weighted by atomic mass is 35.5. The van der Waals surface area contributed by atoms with Crippen molar-refractivity contribution < 1.29 is 23.8 Å². The molecule has 3 N–H and O–H groups in total. The van der Waals surface area contributed by atoms with Crippen molar-refractivity contribution in [3.8, 4) is 17.3 Å². The molecule has 12 heteroatoms.